The van der Waals surface area contributed by atoms with E-state index in [0.717, 1.165) is 0 Å². The molecule has 0 saturated carbocycles. The van der Waals surface area contributed by atoms with Gasteiger partial charge in [0.2, 0.25) is 5.91 Å². The van der Waals surface area contributed by atoms with E-state index in [0.29, 0.717) is 17.9 Å². The molecule has 0 unspecified atom stereocenters. The van der Waals surface area contributed by atoms with Crippen molar-refractivity contribution in [1.82, 2.24) is 25.5 Å². The van der Waals surface area contributed by atoms with Crippen molar-refractivity contribution in [3.05, 3.63) is 35.9 Å². The van der Waals surface area contributed by atoms with E-state index in [9.17, 15) is 9.18 Å². The second kappa shape index (κ2) is 5.35. The maximum atomic E-state index is 12.8. The number of benzene rings is 1. The largest absolute Gasteiger partial charge is 0.349 e. The van der Waals surface area contributed by atoms with Gasteiger partial charge in [0.25, 0.3) is 0 Å². The Labute approximate surface area is 103 Å². The summed E-state index contributed by atoms with van der Waals surface area (Å²) >= 11 is 0. The second-order valence-corrected chi connectivity index (χ2v) is 3.61. The Hall–Kier alpha value is -2.31. The molecular weight excluding hydrogens is 237 g/mol. The summed E-state index contributed by atoms with van der Waals surface area (Å²) in [5, 5.41) is 13.8. The van der Waals surface area contributed by atoms with Gasteiger partial charge in [-0.25, -0.2) is 4.39 Å². The Balaban J connectivity index is 2.17. The molecule has 1 N–H and O–H groups in total. The molecule has 0 aliphatic rings. The van der Waals surface area contributed by atoms with E-state index in [1.807, 2.05) is 0 Å². The van der Waals surface area contributed by atoms with E-state index < -0.39 is 0 Å². The number of hydrogen-bond donors (Lipinski definition) is 1. The van der Waals surface area contributed by atoms with E-state index in [1.165, 1.54) is 16.8 Å². The minimum Gasteiger partial charge on any atom is -0.349 e. The fourth-order valence-corrected chi connectivity index (χ4v) is 1.40. The van der Waals surface area contributed by atoms with Crippen LogP contribution in [0, 0.1) is 5.82 Å². The molecule has 2 rings (SSSR count). The highest BCUT2D eigenvalue weighted by molar-refractivity contribution is 5.75. The molecule has 1 amide bonds. The molecule has 1 aromatic carbocycles. The van der Waals surface area contributed by atoms with Crippen LogP contribution in [0.1, 0.15) is 19.2 Å². The zero-order valence-corrected chi connectivity index (χ0v) is 9.80. The van der Waals surface area contributed by atoms with Crippen LogP contribution < -0.4 is 5.32 Å². The van der Waals surface area contributed by atoms with Gasteiger partial charge >= 0.3 is 0 Å². The average molecular weight is 249 g/mol. The number of carbonyl (C=O) groups is 1. The van der Waals surface area contributed by atoms with Gasteiger partial charge in [-0.05, 0) is 34.7 Å². The molecule has 0 fully saturated rings. The molecule has 7 heteroatoms. The quantitative estimate of drug-likeness (QED) is 0.871. The number of nitrogens with one attached hydrogen (secondary N) is 1. The van der Waals surface area contributed by atoms with Crippen molar-refractivity contribution in [2.75, 3.05) is 0 Å². The van der Waals surface area contributed by atoms with Crippen molar-refractivity contribution in [3.63, 3.8) is 0 Å². The van der Waals surface area contributed by atoms with Gasteiger partial charge in [0, 0.05) is 6.42 Å². The van der Waals surface area contributed by atoms with Gasteiger partial charge < -0.3 is 5.32 Å². The number of nitrogens with zero attached hydrogens (tertiary/aromatic N) is 4. The van der Waals surface area contributed by atoms with Gasteiger partial charge in [-0.3, -0.25) is 4.79 Å². The Morgan fingerprint density at radius 1 is 1.39 bits per heavy atom. The van der Waals surface area contributed by atoms with Gasteiger partial charge in [0.05, 0.1) is 12.2 Å². The molecule has 0 radical (unpaired) electrons. The smallest absolute Gasteiger partial charge is 0.220 e. The first-order chi connectivity index (χ1) is 8.70. The van der Waals surface area contributed by atoms with Crippen LogP contribution in [0.25, 0.3) is 5.69 Å². The lowest BCUT2D eigenvalue weighted by atomic mass is 10.3. The highest BCUT2D eigenvalue weighted by Gasteiger charge is 2.09. The van der Waals surface area contributed by atoms with Crippen molar-refractivity contribution in [2.24, 2.45) is 0 Å². The lowest BCUT2D eigenvalue weighted by Gasteiger charge is -2.05. The highest BCUT2D eigenvalue weighted by Crippen LogP contribution is 2.08. The molecule has 2 aromatic rings. The van der Waals surface area contributed by atoms with Gasteiger partial charge in [-0.1, -0.05) is 6.92 Å². The molecule has 0 bridgehead atoms. The minimum absolute atomic E-state index is 0.0799. The van der Waals surface area contributed by atoms with Crippen molar-refractivity contribution in [2.45, 2.75) is 19.9 Å². The SMILES string of the molecule is CCC(=O)NCc1nnnn1-c1ccc(F)cc1. The number of amides is 1. The van der Waals surface area contributed by atoms with Crippen LogP contribution in [-0.2, 0) is 11.3 Å². The number of carbonyl (C=O) groups excluding carboxylic acids is 1. The van der Waals surface area contributed by atoms with E-state index in [2.05, 4.69) is 20.8 Å². The van der Waals surface area contributed by atoms with Crippen LogP contribution in [0.15, 0.2) is 24.3 Å². The molecule has 18 heavy (non-hydrogen) atoms. The Morgan fingerprint density at radius 2 is 2.11 bits per heavy atom. The monoisotopic (exact) mass is 249 g/mol. The maximum absolute atomic E-state index is 12.8. The van der Waals surface area contributed by atoms with Crippen LogP contribution in [-0.4, -0.2) is 26.1 Å². The highest BCUT2D eigenvalue weighted by atomic mass is 19.1. The van der Waals surface area contributed by atoms with Crippen LogP contribution in [0.4, 0.5) is 4.39 Å². The summed E-state index contributed by atoms with van der Waals surface area (Å²) < 4.78 is 14.3. The molecule has 0 saturated heterocycles. The molecular formula is C11H12FN5O. The maximum Gasteiger partial charge on any atom is 0.220 e. The minimum atomic E-state index is -0.326. The van der Waals surface area contributed by atoms with E-state index in [4.69, 9.17) is 0 Å². The second-order valence-electron chi connectivity index (χ2n) is 3.61. The van der Waals surface area contributed by atoms with Gasteiger partial charge in [-0.2, -0.15) is 4.68 Å². The summed E-state index contributed by atoms with van der Waals surface area (Å²) in [5.74, 6) is 0.0831. The molecule has 0 aliphatic heterocycles. The summed E-state index contributed by atoms with van der Waals surface area (Å²) in [6, 6.07) is 5.78. The van der Waals surface area contributed by atoms with Gasteiger partial charge in [0.15, 0.2) is 5.82 Å². The fourth-order valence-electron chi connectivity index (χ4n) is 1.40. The molecule has 0 aliphatic carbocycles. The first-order valence-corrected chi connectivity index (χ1v) is 5.50. The summed E-state index contributed by atoms with van der Waals surface area (Å²) in [6.07, 6.45) is 0.401. The zero-order valence-electron chi connectivity index (χ0n) is 9.80. The predicted molar refractivity (Wildman–Crippen MR) is 61.2 cm³/mol. The first-order valence-electron chi connectivity index (χ1n) is 5.50. The third-order valence-corrected chi connectivity index (χ3v) is 2.37. The van der Waals surface area contributed by atoms with Crippen LogP contribution in [0.3, 0.4) is 0 Å². The van der Waals surface area contributed by atoms with Gasteiger partial charge in [-0.15, -0.1) is 5.10 Å². The molecule has 0 spiro atoms. The van der Waals surface area contributed by atoms with Crippen molar-refractivity contribution in [1.29, 1.82) is 0 Å². The molecule has 1 aromatic heterocycles. The number of hydrogen-bond acceptors (Lipinski definition) is 4. The zero-order chi connectivity index (χ0) is 13.0. The summed E-state index contributed by atoms with van der Waals surface area (Å²) in [5.41, 5.74) is 0.641. The van der Waals surface area contributed by atoms with Crippen LogP contribution in [0.2, 0.25) is 0 Å². The third-order valence-electron chi connectivity index (χ3n) is 2.37. The first kappa shape index (κ1) is 12.2. The fraction of sp³-hybridized carbons (Fsp3) is 0.273. The lowest BCUT2D eigenvalue weighted by molar-refractivity contribution is -0.120. The van der Waals surface area contributed by atoms with E-state index >= 15 is 0 Å². The normalized spacial score (nSPS) is 10.3. The standard InChI is InChI=1S/C11H12FN5O/c1-2-11(18)13-7-10-14-15-16-17(10)9-5-3-8(12)4-6-9/h3-6H,2,7H2,1H3,(H,13,18). The summed E-state index contributed by atoms with van der Waals surface area (Å²) in [4.78, 5) is 11.2. The molecule has 0 atom stereocenters. The van der Waals surface area contributed by atoms with Crippen LogP contribution >= 0.6 is 0 Å². The van der Waals surface area contributed by atoms with Gasteiger partial charge in [0.1, 0.15) is 5.82 Å². The average Bonchev–Trinajstić information content (AvgIpc) is 2.85. The molecule has 6 nitrogen and oxygen atoms in total. The predicted octanol–water partition coefficient (Wildman–Crippen LogP) is 0.828. The van der Waals surface area contributed by atoms with E-state index in [-0.39, 0.29) is 18.3 Å². The Kier molecular flexibility index (Phi) is 3.61. The summed E-state index contributed by atoms with van der Waals surface area (Å²) in [6.45, 7) is 2.00. The van der Waals surface area contributed by atoms with E-state index in [1.54, 1.807) is 19.1 Å². The third kappa shape index (κ3) is 2.68. The van der Waals surface area contributed by atoms with Crippen molar-refractivity contribution in [3.8, 4) is 5.69 Å². The number of rotatable bonds is 4. The summed E-state index contributed by atoms with van der Waals surface area (Å²) in [7, 11) is 0. The topological polar surface area (TPSA) is 72.7 Å². The number of halogens is 1. The van der Waals surface area contributed by atoms with Crippen LogP contribution in [0.5, 0.6) is 0 Å². The van der Waals surface area contributed by atoms with Crippen molar-refractivity contribution < 1.29 is 9.18 Å². The Bertz CT molecular complexity index is 537. The number of tetrazole rings is 1. The Morgan fingerprint density at radius 3 is 2.78 bits per heavy atom. The lowest BCUT2D eigenvalue weighted by Crippen LogP contribution is -2.23. The molecule has 94 valence electrons. The molecule has 1 heterocycles. The number of aromatic nitrogens is 4. The van der Waals surface area contributed by atoms with Crippen molar-refractivity contribution >= 4 is 5.91 Å².